The van der Waals surface area contributed by atoms with Gasteiger partial charge in [-0.3, -0.25) is 4.90 Å². The molecule has 108 valence electrons. The van der Waals surface area contributed by atoms with Gasteiger partial charge in [0.05, 0.1) is 12.2 Å². The fourth-order valence-corrected chi connectivity index (χ4v) is 3.29. The number of likely N-dealkylation sites (tertiary alicyclic amines) is 1. The Morgan fingerprint density at radius 3 is 1.78 bits per heavy atom. The van der Waals surface area contributed by atoms with E-state index in [1.54, 1.807) is 14.2 Å². The van der Waals surface area contributed by atoms with Crippen molar-refractivity contribution in [3.05, 3.63) is 0 Å². The summed E-state index contributed by atoms with van der Waals surface area (Å²) >= 11 is 0. The molecule has 0 aromatic carbocycles. The molecule has 1 fully saturated rings. The van der Waals surface area contributed by atoms with Crippen LogP contribution in [0.2, 0.25) is 0 Å². The molecule has 1 heterocycles. The molecule has 0 aromatic rings. The molecule has 1 rings (SSSR count). The Labute approximate surface area is 112 Å². The summed E-state index contributed by atoms with van der Waals surface area (Å²) in [5.41, 5.74) is 6.24. The molecule has 2 unspecified atom stereocenters. The van der Waals surface area contributed by atoms with Gasteiger partial charge in [0.25, 0.3) is 0 Å². The van der Waals surface area contributed by atoms with Crippen LogP contribution in [0.25, 0.3) is 0 Å². The monoisotopic (exact) mass is 258 g/mol. The second kappa shape index (κ2) is 7.43. The van der Waals surface area contributed by atoms with Gasteiger partial charge >= 0.3 is 0 Å². The largest absolute Gasteiger partial charge is 0.377 e. The molecule has 0 bridgehead atoms. The molecular weight excluding hydrogens is 228 g/mol. The molecule has 2 atom stereocenters. The lowest BCUT2D eigenvalue weighted by atomic mass is 9.87. The van der Waals surface area contributed by atoms with Crippen LogP contribution in [0.4, 0.5) is 0 Å². The van der Waals surface area contributed by atoms with Crippen molar-refractivity contribution in [3.63, 3.8) is 0 Å². The summed E-state index contributed by atoms with van der Waals surface area (Å²) in [6.07, 6.45) is 5.00. The summed E-state index contributed by atoms with van der Waals surface area (Å²) < 4.78 is 11.1. The molecular formula is C14H30N2O2. The first-order valence-corrected chi connectivity index (χ1v) is 7.18. The molecule has 1 aliphatic rings. The molecule has 2 N–H and O–H groups in total. The molecule has 1 aliphatic heterocycles. The fourth-order valence-electron chi connectivity index (χ4n) is 3.29. The molecule has 1 saturated heterocycles. The van der Waals surface area contributed by atoms with Crippen molar-refractivity contribution in [2.75, 3.05) is 33.9 Å². The summed E-state index contributed by atoms with van der Waals surface area (Å²) in [7, 11) is 3.54. The van der Waals surface area contributed by atoms with Crippen LogP contribution in [0.1, 0.15) is 39.5 Å². The minimum atomic E-state index is 0.133. The van der Waals surface area contributed by atoms with E-state index in [1.165, 1.54) is 12.8 Å². The van der Waals surface area contributed by atoms with Crippen molar-refractivity contribution in [3.8, 4) is 0 Å². The van der Waals surface area contributed by atoms with Gasteiger partial charge in [0, 0.05) is 39.4 Å². The first kappa shape index (κ1) is 15.9. The Morgan fingerprint density at radius 2 is 1.50 bits per heavy atom. The van der Waals surface area contributed by atoms with Crippen molar-refractivity contribution in [2.24, 2.45) is 5.73 Å². The predicted molar refractivity (Wildman–Crippen MR) is 74.8 cm³/mol. The van der Waals surface area contributed by atoms with Gasteiger partial charge in [-0.2, -0.15) is 0 Å². The second-order valence-electron chi connectivity index (χ2n) is 5.38. The normalized spacial score (nSPS) is 25.8. The zero-order chi connectivity index (χ0) is 13.6. The number of nitrogens with zero attached hydrogens (tertiary/aromatic N) is 1. The third kappa shape index (κ3) is 3.23. The van der Waals surface area contributed by atoms with Crippen molar-refractivity contribution in [1.82, 2.24) is 4.90 Å². The van der Waals surface area contributed by atoms with Crippen LogP contribution in [-0.4, -0.2) is 56.5 Å². The Bertz CT molecular complexity index is 218. The molecule has 4 heteroatoms. The molecule has 0 spiro atoms. The second-order valence-corrected chi connectivity index (χ2v) is 5.38. The average Bonchev–Trinajstić information content (AvgIpc) is 2.82. The average molecular weight is 258 g/mol. The fraction of sp³-hybridized carbons (Fsp3) is 1.00. The lowest BCUT2D eigenvalue weighted by Gasteiger charge is -2.41. The Hall–Kier alpha value is -0.160. The van der Waals surface area contributed by atoms with Gasteiger partial charge < -0.3 is 15.2 Å². The van der Waals surface area contributed by atoms with E-state index in [1.807, 2.05) is 0 Å². The van der Waals surface area contributed by atoms with Crippen molar-refractivity contribution < 1.29 is 9.47 Å². The van der Waals surface area contributed by atoms with Crippen LogP contribution in [0, 0.1) is 0 Å². The Balaban J connectivity index is 2.80. The topological polar surface area (TPSA) is 47.7 Å². The molecule has 18 heavy (non-hydrogen) atoms. The smallest absolute Gasteiger partial charge is 0.0972 e. The number of ether oxygens (including phenoxy) is 2. The zero-order valence-corrected chi connectivity index (χ0v) is 12.4. The third-order valence-corrected chi connectivity index (χ3v) is 4.30. The molecule has 0 saturated carbocycles. The van der Waals surface area contributed by atoms with E-state index < -0.39 is 0 Å². The zero-order valence-electron chi connectivity index (χ0n) is 12.4. The minimum Gasteiger partial charge on any atom is -0.377 e. The van der Waals surface area contributed by atoms with Crippen molar-refractivity contribution in [1.29, 1.82) is 0 Å². The van der Waals surface area contributed by atoms with Gasteiger partial charge in [0.1, 0.15) is 0 Å². The van der Waals surface area contributed by atoms with E-state index in [9.17, 15) is 0 Å². The van der Waals surface area contributed by atoms with E-state index in [0.29, 0.717) is 0 Å². The van der Waals surface area contributed by atoms with Crippen molar-refractivity contribution in [2.45, 2.75) is 57.3 Å². The summed E-state index contributed by atoms with van der Waals surface area (Å²) in [5, 5.41) is 0. The lowest BCUT2D eigenvalue weighted by molar-refractivity contribution is -0.00461. The predicted octanol–water partition coefficient (Wildman–Crippen LogP) is 1.63. The van der Waals surface area contributed by atoms with Gasteiger partial charge in [0.15, 0.2) is 0 Å². The van der Waals surface area contributed by atoms with Crippen molar-refractivity contribution >= 4 is 0 Å². The number of hydrogen-bond donors (Lipinski definition) is 1. The van der Waals surface area contributed by atoms with Gasteiger partial charge in [-0.05, 0) is 12.8 Å². The summed E-state index contributed by atoms with van der Waals surface area (Å²) in [5.74, 6) is 0. The van der Waals surface area contributed by atoms with E-state index in [0.717, 1.165) is 32.5 Å². The SMILES string of the molecule is CCCC(CN)(CCC)N1CC(OC)C(OC)C1. The van der Waals surface area contributed by atoms with Crippen LogP contribution < -0.4 is 5.73 Å². The van der Waals surface area contributed by atoms with E-state index in [2.05, 4.69) is 18.7 Å². The first-order valence-electron chi connectivity index (χ1n) is 7.18. The highest BCUT2D eigenvalue weighted by Gasteiger charge is 2.43. The van der Waals surface area contributed by atoms with Crippen LogP contribution in [0.5, 0.6) is 0 Å². The number of methoxy groups -OCH3 is 2. The summed E-state index contributed by atoms with van der Waals surface area (Å²) in [6.45, 7) is 7.06. The quantitative estimate of drug-likeness (QED) is 0.719. The standard InChI is InChI=1S/C14H30N2O2/c1-5-7-14(11-15,8-6-2)16-9-12(17-3)13(10-16)18-4/h12-13H,5-11,15H2,1-4H3. The van der Waals surface area contributed by atoms with E-state index >= 15 is 0 Å². The van der Waals surface area contributed by atoms with E-state index in [4.69, 9.17) is 15.2 Å². The van der Waals surface area contributed by atoms with Gasteiger partial charge in [0.2, 0.25) is 0 Å². The van der Waals surface area contributed by atoms with E-state index in [-0.39, 0.29) is 17.7 Å². The minimum absolute atomic E-state index is 0.133. The Kier molecular flexibility index (Phi) is 6.57. The first-order chi connectivity index (χ1) is 8.67. The highest BCUT2D eigenvalue weighted by Crippen LogP contribution is 2.31. The molecule has 0 amide bonds. The highest BCUT2D eigenvalue weighted by molar-refractivity contribution is 4.98. The molecule has 0 aliphatic carbocycles. The van der Waals surface area contributed by atoms with Gasteiger partial charge in [-0.1, -0.05) is 26.7 Å². The number of hydrogen-bond acceptors (Lipinski definition) is 4. The molecule has 0 aromatic heterocycles. The lowest BCUT2D eigenvalue weighted by Crippen LogP contribution is -2.53. The molecule has 0 radical (unpaired) electrons. The van der Waals surface area contributed by atoms with Crippen LogP contribution in [0.15, 0.2) is 0 Å². The number of nitrogens with two attached hydrogens (primary N) is 1. The van der Waals surface area contributed by atoms with Crippen LogP contribution >= 0.6 is 0 Å². The summed E-state index contributed by atoms with van der Waals surface area (Å²) in [4.78, 5) is 2.50. The maximum absolute atomic E-state index is 6.11. The number of rotatable bonds is 8. The Morgan fingerprint density at radius 1 is 1.06 bits per heavy atom. The maximum atomic E-state index is 6.11. The van der Waals surface area contributed by atoms with Crippen LogP contribution in [-0.2, 0) is 9.47 Å². The van der Waals surface area contributed by atoms with Gasteiger partial charge in [-0.15, -0.1) is 0 Å². The van der Waals surface area contributed by atoms with Crippen LogP contribution in [0.3, 0.4) is 0 Å². The summed E-state index contributed by atoms with van der Waals surface area (Å²) in [6, 6.07) is 0. The van der Waals surface area contributed by atoms with Gasteiger partial charge in [-0.25, -0.2) is 0 Å². The third-order valence-electron chi connectivity index (χ3n) is 4.30. The highest BCUT2D eigenvalue weighted by atomic mass is 16.5. The maximum Gasteiger partial charge on any atom is 0.0972 e. The molecule has 4 nitrogen and oxygen atoms in total.